The largest absolute Gasteiger partial charge is 0.348 e. The molecule has 0 fully saturated rings. The third-order valence-corrected chi connectivity index (χ3v) is 4.03. The van der Waals surface area contributed by atoms with E-state index in [0.717, 1.165) is 10.6 Å². The molecule has 1 amide bonds. The summed E-state index contributed by atoms with van der Waals surface area (Å²) < 4.78 is 0. The molecule has 0 atom stereocenters. The lowest BCUT2D eigenvalue weighted by molar-refractivity contribution is -0.112. The minimum atomic E-state index is -0.411. The van der Waals surface area contributed by atoms with Crippen LogP contribution in [-0.2, 0) is 4.79 Å². The molecule has 2 aromatic rings. The van der Waals surface area contributed by atoms with Gasteiger partial charge in [-0.2, -0.15) is 5.26 Å². The number of amides is 1. The first kappa shape index (κ1) is 13.3. The molecular formula is C16H11N3OS. The molecule has 1 aliphatic heterocycles. The van der Waals surface area contributed by atoms with Crippen LogP contribution in [-0.4, -0.2) is 5.91 Å². The van der Waals surface area contributed by atoms with E-state index in [1.54, 1.807) is 12.1 Å². The van der Waals surface area contributed by atoms with Gasteiger partial charge in [0.1, 0.15) is 16.7 Å². The maximum atomic E-state index is 12.2. The first-order valence-corrected chi connectivity index (χ1v) is 7.14. The van der Waals surface area contributed by atoms with Crippen LogP contribution in [0.3, 0.4) is 0 Å². The fraction of sp³-hybridized carbons (Fsp3) is 0. The van der Waals surface area contributed by atoms with Crippen LogP contribution in [0.5, 0.6) is 0 Å². The zero-order valence-electron chi connectivity index (χ0n) is 11.0. The highest BCUT2D eigenvalue weighted by atomic mass is 32.2. The smallest absolute Gasteiger partial charge is 0.269 e. The summed E-state index contributed by atoms with van der Waals surface area (Å²) in [4.78, 5) is 13.2. The fourth-order valence-electron chi connectivity index (χ4n) is 1.95. The Kier molecular flexibility index (Phi) is 3.63. The summed E-state index contributed by atoms with van der Waals surface area (Å²) in [6.45, 7) is 0. The molecule has 0 saturated heterocycles. The molecule has 0 aromatic heterocycles. The Labute approximate surface area is 126 Å². The molecule has 0 bridgehead atoms. The van der Waals surface area contributed by atoms with Gasteiger partial charge in [-0.25, -0.2) is 0 Å². The highest BCUT2D eigenvalue weighted by Gasteiger charge is 2.23. The maximum Gasteiger partial charge on any atom is 0.269 e. The molecular weight excluding hydrogens is 282 g/mol. The number of para-hydroxylation sites is 2. The Hall–Kier alpha value is -2.71. The van der Waals surface area contributed by atoms with Gasteiger partial charge in [0.2, 0.25) is 0 Å². The summed E-state index contributed by atoms with van der Waals surface area (Å²) >= 11 is 1.39. The van der Waals surface area contributed by atoms with Gasteiger partial charge in [0.15, 0.2) is 0 Å². The minimum absolute atomic E-state index is 0.0834. The third kappa shape index (κ3) is 2.76. The van der Waals surface area contributed by atoms with E-state index in [4.69, 9.17) is 0 Å². The second-order valence-corrected chi connectivity index (χ2v) is 5.41. The molecule has 1 heterocycles. The minimum Gasteiger partial charge on any atom is -0.348 e. The molecule has 0 radical (unpaired) electrons. The van der Waals surface area contributed by atoms with Crippen LogP contribution in [0.2, 0.25) is 0 Å². The second kappa shape index (κ2) is 5.73. The zero-order valence-corrected chi connectivity index (χ0v) is 11.8. The standard InChI is InChI=1S/C16H11N3OS/c17-10-12(15(20)18-11-6-2-1-3-7-11)16-19-13-8-4-5-9-14(13)21-16/h1-9,19H,(H,18,20)/b16-12-. The number of benzene rings is 2. The quantitative estimate of drug-likeness (QED) is 0.656. The number of nitrogens with one attached hydrogen (secondary N) is 2. The number of hydrogen-bond acceptors (Lipinski definition) is 4. The van der Waals surface area contributed by atoms with Crippen LogP contribution in [0.25, 0.3) is 0 Å². The lowest BCUT2D eigenvalue weighted by atomic mass is 10.2. The molecule has 21 heavy (non-hydrogen) atoms. The Morgan fingerprint density at radius 3 is 2.52 bits per heavy atom. The van der Waals surface area contributed by atoms with Gasteiger partial charge in [-0.3, -0.25) is 4.79 Å². The fourth-order valence-corrected chi connectivity index (χ4v) is 2.95. The lowest BCUT2D eigenvalue weighted by Crippen LogP contribution is -2.15. The lowest BCUT2D eigenvalue weighted by Gasteiger charge is -2.06. The van der Waals surface area contributed by atoms with Crippen LogP contribution in [0.15, 0.2) is 70.1 Å². The predicted octanol–water partition coefficient (Wildman–Crippen LogP) is 3.58. The van der Waals surface area contributed by atoms with E-state index >= 15 is 0 Å². The van der Waals surface area contributed by atoms with Crippen LogP contribution >= 0.6 is 11.8 Å². The van der Waals surface area contributed by atoms with Crippen molar-refractivity contribution in [2.45, 2.75) is 4.90 Å². The van der Waals surface area contributed by atoms with E-state index in [1.807, 2.05) is 48.5 Å². The van der Waals surface area contributed by atoms with Crippen molar-refractivity contribution in [3.8, 4) is 6.07 Å². The average Bonchev–Trinajstić information content (AvgIpc) is 2.92. The van der Waals surface area contributed by atoms with Crippen molar-refractivity contribution in [2.75, 3.05) is 10.6 Å². The van der Waals surface area contributed by atoms with E-state index < -0.39 is 5.91 Å². The SMILES string of the molecule is N#C/C(C(=O)Nc1ccccc1)=C1\Nc2ccccc2S1. The summed E-state index contributed by atoms with van der Waals surface area (Å²) in [6, 6.07) is 18.8. The number of fused-ring (bicyclic) bond motifs is 1. The van der Waals surface area contributed by atoms with E-state index in [-0.39, 0.29) is 5.57 Å². The average molecular weight is 293 g/mol. The van der Waals surface area contributed by atoms with Gasteiger partial charge in [-0.05, 0) is 24.3 Å². The summed E-state index contributed by atoms with van der Waals surface area (Å²) in [5, 5.41) is 15.7. The van der Waals surface area contributed by atoms with Crippen molar-refractivity contribution >= 4 is 29.0 Å². The monoisotopic (exact) mass is 293 g/mol. The van der Waals surface area contributed by atoms with Crippen molar-refractivity contribution in [1.29, 1.82) is 5.26 Å². The number of anilines is 2. The molecule has 0 saturated carbocycles. The Balaban J connectivity index is 1.85. The van der Waals surface area contributed by atoms with Gasteiger partial charge in [0.05, 0.1) is 5.69 Å². The molecule has 4 nitrogen and oxygen atoms in total. The number of carbonyl (C=O) groups is 1. The number of rotatable bonds is 2. The molecule has 0 aliphatic carbocycles. The summed E-state index contributed by atoms with van der Waals surface area (Å²) in [5.74, 6) is -0.411. The first-order chi connectivity index (χ1) is 10.3. The van der Waals surface area contributed by atoms with Crippen molar-refractivity contribution in [3.63, 3.8) is 0 Å². The van der Waals surface area contributed by atoms with E-state index in [9.17, 15) is 10.1 Å². The Bertz CT molecular complexity index is 736. The van der Waals surface area contributed by atoms with Gasteiger partial charge < -0.3 is 10.6 Å². The topological polar surface area (TPSA) is 64.9 Å². The van der Waals surface area contributed by atoms with Crippen molar-refractivity contribution in [2.24, 2.45) is 0 Å². The Morgan fingerprint density at radius 1 is 1.10 bits per heavy atom. The van der Waals surface area contributed by atoms with Gasteiger partial charge in [-0.15, -0.1) is 0 Å². The molecule has 3 rings (SSSR count). The van der Waals surface area contributed by atoms with Gasteiger partial charge in [-0.1, -0.05) is 42.1 Å². The van der Waals surface area contributed by atoms with Crippen LogP contribution < -0.4 is 10.6 Å². The number of carbonyl (C=O) groups excluding carboxylic acids is 1. The van der Waals surface area contributed by atoms with Crippen LogP contribution in [0.4, 0.5) is 11.4 Å². The van der Waals surface area contributed by atoms with Gasteiger partial charge >= 0.3 is 0 Å². The summed E-state index contributed by atoms with van der Waals surface area (Å²) in [7, 11) is 0. The maximum absolute atomic E-state index is 12.2. The van der Waals surface area contributed by atoms with E-state index in [0.29, 0.717) is 10.7 Å². The number of nitriles is 1. The van der Waals surface area contributed by atoms with Crippen molar-refractivity contribution < 1.29 is 4.79 Å². The highest BCUT2D eigenvalue weighted by Crippen LogP contribution is 2.41. The highest BCUT2D eigenvalue weighted by molar-refractivity contribution is 8.03. The molecule has 2 N–H and O–H groups in total. The molecule has 1 aliphatic rings. The molecule has 0 unspecified atom stereocenters. The summed E-state index contributed by atoms with van der Waals surface area (Å²) in [5.41, 5.74) is 1.66. The van der Waals surface area contributed by atoms with Crippen molar-refractivity contribution in [1.82, 2.24) is 0 Å². The first-order valence-electron chi connectivity index (χ1n) is 6.32. The molecule has 0 spiro atoms. The van der Waals surface area contributed by atoms with Crippen LogP contribution in [0, 0.1) is 11.3 Å². The Morgan fingerprint density at radius 2 is 1.81 bits per heavy atom. The number of thioether (sulfide) groups is 1. The number of hydrogen-bond donors (Lipinski definition) is 2. The van der Waals surface area contributed by atoms with Gasteiger partial charge in [0, 0.05) is 10.6 Å². The van der Waals surface area contributed by atoms with E-state index in [1.165, 1.54) is 11.8 Å². The van der Waals surface area contributed by atoms with E-state index in [2.05, 4.69) is 10.6 Å². The molecule has 2 aromatic carbocycles. The molecule has 102 valence electrons. The van der Waals surface area contributed by atoms with Gasteiger partial charge in [0.25, 0.3) is 5.91 Å². The molecule has 5 heteroatoms. The van der Waals surface area contributed by atoms with Crippen LogP contribution in [0.1, 0.15) is 0 Å². The van der Waals surface area contributed by atoms with Crippen molar-refractivity contribution in [3.05, 3.63) is 65.2 Å². The number of nitrogens with zero attached hydrogens (tertiary/aromatic N) is 1. The third-order valence-electron chi connectivity index (χ3n) is 2.94. The zero-order chi connectivity index (χ0) is 14.7. The summed E-state index contributed by atoms with van der Waals surface area (Å²) in [6.07, 6.45) is 0. The normalized spacial score (nSPS) is 14.6. The second-order valence-electron chi connectivity index (χ2n) is 4.36. The predicted molar refractivity (Wildman–Crippen MR) is 83.6 cm³/mol.